The van der Waals surface area contributed by atoms with Crippen molar-refractivity contribution >= 4 is 11.8 Å². The van der Waals surface area contributed by atoms with E-state index in [1.165, 1.54) is 5.56 Å². The van der Waals surface area contributed by atoms with Gasteiger partial charge < -0.3 is 19.3 Å². The van der Waals surface area contributed by atoms with Crippen LogP contribution in [-0.2, 0) is 11.2 Å². The number of benzene rings is 2. The average Bonchev–Trinajstić information content (AvgIpc) is 2.83. The fourth-order valence-corrected chi connectivity index (χ4v) is 3.90. The van der Waals surface area contributed by atoms with E-state index in [1.54, 1.807) is 7.11 Å². The summed E-state index contributed by atoms with van der Waals surface area (Å²) in [5.41, 5.74) is 2.97. The van der Waals surface area contributed by atoms with Crippen LogP contribution in [0.25, 0.3) is 0 Å². The van der Waals surface area contributed by atoms with E-state index in [-0.39, 0.29) is 11.8 Å². The van der Waals surface area contributed by atoms with Crippen molar-refractivity contribution < 1.29 is 19.1 Å². The van der Waals surface area contributed by atoms with Gasteiger partial charge in [0.25, 0.3) is 5.91 Å². The molecular formula is C26H34N2O4. The molecule has 0 aliphatic carbocycles. The van der Waals surface area contributed by atoms with Crippen molar-refractivity contribution in [3.05, 3.63) is 59.2 Å². The Labute approximate surface area is 191 Å². The lowest BCUT2D eigenvalue weighted by atomic mass is 10.0. The number of carbonyl (C=O) groups excluding carboxylic acids is 2. The lowest BCUT2D eigenvalue weighted by Crippen LogP contribution is -2.50. The van der Waals surface area contributed by atoms with E-state index in [4.69, 9.17) is 9.47 Å². The van der Waals surface area contributed by atoms with Crippen LogP contribution in [0.1, 0.15) is 54.6 Å². The first-order valence-electron chi connectivity index (χ1n) is 11.4. The first kappa shape index (κ1) is 23.6. The maximum absolute atomic E-state index is 12.8. The quantitative estimate of drug-likeness (QED) is 0.622. The minimum Gasteiger partial charge on any atom is -0.493 e. The Bertz CT molecular complexity index is 916. The van der Waals surface area contributed by atoms with Gasteiger partial charge in [-0.3, -0.25) is 9.59 Å². The molecule has 0 bridgehead atoms. The molecule has 0 atom stereocenters. The molecule has 172 valence electrons. The number of hydrogen-bond donors (Lipinski definition) is 0. The Morgan fingerprint density at radius 1 is 0.938 bits per heavy atom. The van der Waals surface area contributed by atoms with Crippen molar-refractivity contribution in [1.82, 2.24) is 9.80 Å². The summed E-state index contributed by atoms with van der Waals surface area (Å²) in [6.45, 7) is 9.05. The van der Waals surface area contributed by atoms with Crippen molar-refractivity contribution in [3.63, 3.8) is 0 Å². The Morgan fingerprint density at radius 2 is 1.59 bits per heavy atom. The number of ether oxygens (including phenoxy) is 2. The first-order chi connectivity index (χ1) is 15.4. The van der Waals surface area contributed by atoms with Crippen LogP contribution >= 0.6 is 0 Å². The molecule has 3 rings (SSSR count). The number of amides is 2. The Kier molecular flexibility index (Phi) is 8.14. The van der Waals surface area contributed by atoms with E-state index in [1.807, 2.05) is 59.2 Å². The first-order valence-corrected chi connectivity index (χ1v) is 11.4. The standard InChI is InChI=1S/C26H34N2O4/c1-5-32-23-12-6-20(18-24(23)31-4)7-13-25(29)27-14-16-28(17-15-27)26(30)22-10-8-21(9-11-22)19(2)3/h6,8-12,18-19H,5,7,13-17H2,1-4H3. The molecule has 0 radical (unpaired) electrons. The number of carbonyl (C=O) groups is 2. The SMILES string of the molecule is CCOc1ccc(CCC(=O)N2CCN(C(=O)c3ccc(C(C)C)cc3)CC2)cc1OC. The maximum atomic E-state index is 12.8. The molecular weight excluding hydrogens is 404 g/mol. The van der Waals surface area contributed by atoms with Gasteiger partial charge in [0.15, 0.2) is 11.5 Å². The molecule has 1 aliphatic rings. The van der Waals surface area contributed by atoms with Gasteiger partial charge in [0.2, 0.25) is 5.91 Å². The third-order valence-electron chi connectivity index (χ3n) is 5.90. The smallest absolute Gasteiger partial charge is 0.253 e. The van der Waals surface area contributed by atoms with Crippen LogP contribution in [0.5, 0.6) is 11.5 Å². The predicted molar refractivity (Wildman–Crippen MR) is 125 cm³/mol. The molecule has 1 fully saturated rings. The van der Waals surface area contributed by atoms with Gasteiger partial charge in [-0.2, -0.15) is 0 Å². The number of rotatable bonds is 8. The van der Waals surface area contributed by atoms with Crippen LogP contribution in [0.2, 0.25) is 0 Å². The number of nitrogens with zero attached hydrogens (tertiary/aromatic N) is 2. The summed E-state index contributed by atoms with van der Waals surface area (Å²) in [7, 11) is 1.62. The molecule has 2 aromatic carbocycles. The van der Waals surface area contributed by atoms with E-state index < -0.39 is 0 Å². The van der Waals surface area contributed by atoms with Gasteiger partial charge in [-0.05, 0) is 54.7 Å². The monoisotopic (exact) mass is 438 g/mol. The summed E-state index contributed by atoms with van der Waals surface area (Å²) in [5, 5.41) is 0. The molecule has 6 heteroatoms. The summed E-state index contributed by atoms with van der Waals surface area (Å²) in [5.74, 6) is 1.99. The lowest BCUT2D eigenvalue weighted by Gasteiger charge is -2.35. The molecule has 0 unspecified atom stereocenters. The largest absolute Gasteiger partial charge is 0.493 e. The summed E-state index contributed by atoms with van der Waals surface area (Å²) in [4.78, 5) is 29.2. The molecule has 1 saturated heterocycles. The minimum absolute atomic E-state index is 0.0360. The molecule has 32 heavy (non-hydrogen) atoms. The topological polar surface area (TPSA) is 59.1 Å². The second kappa shape index (κ2) is 11.0. The Morgan fingerprint density at radius 3 is 2.19 bits per heavy atom. The van der Waals surface area contributed by atoms with E-state index in [0.717, 1.165) is 5.56 Å². The van der Waals surface area contributed by atoms with E-state index in [0.29, 0.717) is 68.6 Å². The summed E-state index contributed by atoms with van der Waals surface area (Å²) < 4.78 is 10.9. The second-order valence-electron chi connectivity index (χ2n) is 8.37. The number of piperazine rings is 1. The minimum atomic E-state index is 0.0360. The second-order valence-corrected chi connectivity index (χ2v) is 8.37. The highest BCUT2D eigenvalue weighted by molar-refractivity contribution is 5.94. The van der Waals surface area contributed by atoms with Crippen molar-refractivity contribution in [2.75, 3.05) is 39.9 Å². The zero-order valence-corrected chi connectivity index (χ0v) is 19.6. The lowest BCUT2D eigenvalue weighted by molar-refractivity contribution is -0.132. The van der Waals surface area contributed by atoms with Crippen molar-refractivity contribution in [1.29, 1.82) is 0 Å². The third kappa shape index (κ3) is 5.81. The number of methoxy groups -OCH3 is 1. The Hall–Kier alpha value is -3.02. The van der Waals surface area contributed by atoms with Crippen LogP contribution < -0.4 is 9.47 Å². The van der Waals surface area contributed by atoms with Crippen LogP contribution in [0.15, 0.2) is 42.5 Å². The van der Waals surface area contributed by atoms with E-state index >= 15 is 0 Å². The highest BCUT2D eigenvalue weighted by atomic mass is 16.5. The van der Waals surface area contributed by atoms with Crippen molar-refractivity contribution in [2.24, 2.45) is 0 Å². The highest BCUT2D eigenvalue weighted by Gasteiger charge is 2.24. The summed E-state index contributed by atoms with van der Waals surface area (Å²) >= 11 is 0. The molecule has 2 amide bonds. The zero-order valence-electron chi connectivity index (χ0n) is 19.6. The van der Waals surface area contributed by atoms with Gasteiger partial charge in [-0.15, -0.1) is 0 Å². The predicted octanol–water partition coefficient (Wildman–Crippen LogP) is 4.13. The fraction of sp³-hybridized carbons (Fsp3) is 0.462. The summed E-state index contributed by atoms with van der Waals surface area (Å²) in [6, 6.07) is 13.6. The van der Waals surface area contributed by atoms with Crippen molar-refractivity contribution in [3.8, 4) is 11.5 Å². The van der Waals surface area contributed by atoms with Crippen LogP contribution in [0.3, 0.4) is 0 Å². The average molecular weight is 439 g/mol. The molecule has 0 aromatic heterocycles. The Balaban J connectivity index is 1.49. The molecule has 0 spiro atoms. The van der Waals surface area contributed by atoms with E-state index in [2.05, 4.69) is 13.8 Å². The summed E-state index contributed by atoms with van der Waals surface area (Å²) in [6.07, 6.45) is 1.07. The zero-order chi connectivity index (χ0) is 23.1. The molecule has 1 aliphatic heterocycles. The van der Waals surface area contributed by atoms with E-state index in [9.17, 15) is 9.59 Å². The van der Waals surface area contributed by atoms with Gasteiger partial charge in [-0.25, -0.2) is 0 Å². The van der Waals surface area contributed by atoms with Gasteiger partial charge in [0.1, 0.15) is 0 Å². The normalized spacial score (nSPS) is 13.9. The van der Waals surface area contributed by atoms with Crippen LogP contribution in [0.4, 0.5) is 0 Å². The molecule has 0 saturated carbocycles. The number of hydrogen-bond acceptors (Lipinski definition) is 4. The molecule has 6 nitrogen and oxygen atoms in total. The van der Waals surface area contributed by atoms with Gasteiger partial charge >= 0.3 is 0 Å². The molecule has 1 heterocycles. The highest BCUT2D eigenvalue weighted by Crippen LogP contribution is 2.28. The van der Waals surface area contributed by atoms with Gasteiger partial charge in [-0.1, -0.05) is 32.0 Å². The maximum Gasteiger partial charge on any atom is 0.253 e. The van der Waals surface area contributed by atoms with Crippen LogP contribution in [-0.4, -0.2) is 61.5 Å². The van der Waals surface area contributed by atoms with Crippen molar-refractivity contribution in [2.45, 2.75) is 39.5 Å². The van der Waals surface area contributed by atoms with Crippen LogP contribution in [0, 0.1) is 0 Å². The fourth-order valence-electron chi connectivity index (χ4n) is 3.90. The molecule has 0 N–H and O–H groups in total. The van der Waals surface area contributed by atoms with Gasteiger partial charge in [0, 0.05) is 38.2 Å². The third-order valence-corrected chi connectivity index (χ3v) is 5.90. The molecule has 2 aromatic rings. The van der Waals surface area contributed by atoms with Gasteiger partial charge in [0.05, 0.1) is 13.7 Å². The number of aryl methyl sites for hydroxylation is 1.